The second-order valence-electron chi connectivity index (χ2n) is 5.59. The number of benzene rings is 2. The fourth-order valence-corrected chi connectivity index (χ4v) is 3.62. The monoisotopic (exact) mass is 339 g/mol. The summed E-state index contributed by atoms with van der Waals surface area (Å²) in [6.07, 6.45) is 1.84. The maximum Gasteiger partial charge on any atom is 0.0695 e. The van der Waals surface area contributed by atoms with Crippen molar-refractivity contribution in [3.8, 4) is 11.3 Å². The molecule has 5 heteroatoms. The van der Waals surface area contributed by atoms with E-state index in [9.17, 15) is 4.21 Å². The fraction of sp³-hybridized carbons (Fsp3) is 0.211. The quantitative estimate of drug-likeness (QED) is 0.620. The molecule has 0 bridgehead atoms. The Morgan fingerprint density at radius 3 is 2.46 bits per heavy atom. The third kappa shape index (κ3) is 4.63. The number of hydrogen-bond acceptors (Lipinski definition) is 3. The van der Waals surface area contributed by atoms with Crippen LogP contribution in [0.5, 0.6) is 0 Å². The molecule has 3 rings (SSSR count). The summed E-state index contributed by atoms with van der Waals surface area (Å²) in [6.45, 7) is 1.43. The summed E-state index contributed by atoms with van der Waals surface area (Å²) in [4.78, 5) is 0. The van der Waals surface area contributed by atoms with Crippen molar-refractivity contribution in [2.45, 2.75) is 12.3 Å². The molecule has 0 aliphatic carbocycles. The Morgan fingerprint density at radius 2 is 1.71 bits per heavy atom. The van der Waals surface area contributed by atoms with Gasteiger partial charge < -0.3 is 5.32 Å². The Bertz CT molecular complexity index is 772. The lowest BCUT2D eigenvalue weighted by atomic mass is 10.1. The minimum Gasteiger partial charge on any atom is -0.312 e. The van der Waals surface area contributed by atoms with Crippen LogP contribution in [-0.2, 0) is 23.1 Å². The maximum absolute atomic E-state index is 12.1. The van der Waals surface area contributed by atoms with E-state index in [4.69, 9.17) is 0 Å². The van der Waals surface area contributed by atoms with E-state index in [-0.39, 0.29) is 0 Å². The summed E-state index contributed by atoms with van der Waals surface area (Å²) in [5.74, 6) is 1.26. The minimum absolute atomic E-state index is 0.615. The lowest BCUT2D eigenvalue weighted by molar-refractivity contribution is 0.673. The van der Waals surface area contributed by atoms with E-state index in [1.165, 1.54) is 0 Å². The molecule has 1 aromatic heterocycles. The van der Waals surface area contributed by atoms with Crippen LogP contribution in [0.3, 0.4) is 0 Å². The van der Waals surface area contributed by atoms with Crippen LogP contribution < -0.4 is 5.32 Å². The van der Waals surface area contributed by atoms with Crippen molar-refractivity contribution in [3.63, 3.8) is 0 Å². The third-order valence-corrected chi connectivity index (χ3v) is 5.09. The van der Waals surface area contributed by atoms with Crippen LogP contribution in [0.1, 0.15) is 11.1 Å². The smallest absolute Gasteiger partial charge is 0.0695 e. The number of hydrogen-bond donors (Lipinski definition) is 2. The molecule has 0 saturated heterocycles. The van der Waals surface area contributed by atoms with Crippen LogP contribution in [0.25, 0.3) is 11.3 Å². The van der Waals surface area contributed by atoms with Gasteiger partial charge in [0, 0.05) is 41.0 Å². The molecule has 1 atom stereocenters. The lowest BCUT2D eigenvalue weighted by Crippen LogP contribution is -2.20. The van der Waals surface area contributed by atoms with E-state index >= 15 is 0 Å². The molecule has 3 aromatic rings. The summed E-state index contributed by atoms with van der Waals surface area (Å²) in [7, 11) is -0.847. The first-order valence-electron chi connectivity index (χ1n) is 8.00. The van der Waals surface area contributed by atoms with Crippen molar-refractivity contribution in [3.05, 3.63) is 78.0 Å². The lowest BCUT2D eigenvalue weighted by Gasteiger charge is -2.06. The van der Waals surface area contributed by atoms with Crippen LogP contribution in [0, 0.1) is 0 Å². The van der Waals surface area contributed by atoms with E-state index < -0.39 is 10.8 Å². The predicted octanol–water partition coefficient (Wildman–Crippen LogP) is 3.12. The zero-order valence-electron chi connectivity index (χ0n) is 13.4. The van der Waals surface area contributed by atoms with Gasteiger partial charge in [-0.3, -0.25) is 9.31 Å². The summed E-state index contributed by atoms with van der Waals surface area (Å²) in [5.41, 5.74) is 4.40. The summed E-state index contributed by atoms with van der Waals surface area (Å²) < 4.78 is 12.1. The van der Waals surface area contributed by atoms with Gasteiger partial charge in [0.2, 0.25) is 0 Å². The Morgan fingerprint density at radius 1 is 1.00 bits per heavy atom. The molecule has 0 amide bonds. The Hall–Kier alpha value is -2.24. The van der Waals surface area contributed by atoms with E-state index in [2.05, 4.69) is 27.6 Å². The highest BCUT2D eigenvalue weighted by molar-refractivity contribution is 7.84. The number of aromatic nitrogens is 2. The van der Waals surface area contributed by atoms with Gasteiger partial charge in [0.05, 0.1) is 11.9 Å². The molecule has 0 fully saturated rings. The van der Waals surface area contributed by atoms with E-state index in [0.29, 0.717) is 18.1 Å². The standard InChI is InChI=1S/C19H21N3OS/c23-24(15-16-7-3-1-4-8-16)12-11-20-13-18-14-21-22-19(18)17-9-5-2-6-10-17/h1-10,14,20H,11-13,15H2,(H,21,22)/t24-/m1/s1. The SMILES string of the molecule is O=[S@](CCNCc1cn[nH]c1-c1ccccc1)Cc1ccccc1. The Kier molecular flexibility index (Phi) is 5.93. The van der Waals surface area contributed by atoms with Crippen molar-refractivity contribution in [1.29, 1.82) is 0 Å². The molecule has 2 N–H and O–H groups in total. The number of nitrogens with one attached hydrogen (secondary N) is 2. The van der Waals surface area contributed by atoms with Gasteiger partial charge in [0.15, 0.2) is 0 Å². The zero-order chi connectivity index (χ0) is 16.6. The first-order chi connectivity index (χ1) is 11.8. The molecule has 0 saturated carbocycles. The molecule has 4 nitrogen and oxygen atoms in total. The second-order valence-corrected chi connectivity index (χ2v) is 7.16. The molecule has 1 heterocycles. The van der Waals surface area contributed by atoms with Crippen LogP contribution in [0.4, 0.5) is 0 Å². The molecule has 2 aromatic carbocycles. The van der Waals surface area contributed by atoms with Gasteiger partial charge in [0.1, 0.15) is 0 Å². The predicted molar refractivity (Wildman–Crippen MR) is 98.9 cm³/mol. The first-order valence-corrected chi connectivity index (χ1v) is 9.49. The van der Waals surface area contributed by atoms with Gasteiger partial charge >= 0.3 is 0 Å². The Labute approximate surface area is 144 Å². The van der Waals surface area contributed by atoms with Crippen molar-refractivity contribution in [2.75, 3.05) is 12.3 Å². The molecule has 0 aliphatic heterocycles. The van der Waals surface area contributed by atoms with Crippen molar-refractivity contribution in [1.82, 2.24) is 15.5 Å². The van der Waals surface area contributed by atoms with Gasteiger partial charge in [-0.25, -0.2) is 0 Å². The van der Waals surface area contributed by atoms with Crippen molar-refractivity contribution < 1.29 is 4.21 Å². The number of nitrogens with zero attached hydrogens (tertiary/aromatic N) is 1. The number of aromatic amines is 1. The van der Waals surface area contributed by atoms with E-state index in [1.807, 2.05) is 54.7 Å². The fourth-order valence-electron chi connectivity index (χ4n) is 2.54. The summed E-state index contributed by atoms with van der Waals surface area (Å²) in [5, 5.41) is 10.6. The van der Waals surface area contributed by atoms with Crippen LogP contribution in [-0.4, -0.2) is 26.7 Å². The van der Waals surface area contributed by atoms with Gasteiger partial charge in [-0.05, 0) is 11.1 Å². The molecule has 0 aliphatic rings. The third-order valence-electron chi connectivity index (χ3n) is 3.77. The van der Waals surface area contributed by atoms with Crippen molar-refractivity contribution >= 4 is 10.8 Å². The maximum atomic E-state index is 12.1. The van der Waals surface area contributed by atoms with Crippen LogP contribution in [0.2, 0.25) is 0 Å². The highest BCUT2D eigenvalue weighted by atomic mass is 32.2. The zero-order valence-corrected chi connectivity index (χ0v) is 14.3. The highest BCUT2D eigenvalue weighted by Gasteiger charge is 2.07. The van der Waals surface area contributed by atoms with E-state index in [1.54, 1.807) is 0 Å². The highest BCUT2D eigenvalue weighted by Crippen LogP contribution is 2.20. The van der Waals surface area contributed by atoms with Gasteiger partial charge in [0.25, 0.3) is 0 Å². The molecule has 124 valence electrons. The summed E-state index contributed by atoms with van der Waals surface area (Å²) in [6, 6.07) is 20.1. The largest absolute Gasteiger partial charge is 0.312 e. The van der Waals surface area contributed by atoms with Crippen LogP contribution in [0.15, 0.2) is 66.9 Å². The number of rotatable bonds is 8. The second kappa shape index (κ2) is 8.57. The number of H-pyrrole nitrogens is 1. The molecule has 24 heavy (non-hydrogen) atoms. The average molecular weight is 339 g/mol. The molecule has 0 radical (unpaired) electrons. The average Bonchev–Trinajstić information content (AvgIpc) is 3.09. The minimum atomic E-state index is -0.847. The summed E-state index contributed by atoms with van der Waals surface area (Å²) >= 11 is 0. The molecule has 0 unspecified atom stereocenters. The first kappa shape index (κ1) is 16.6. The molecular weight excluding hydrogens is 318 g/mol. The van der Waals surface area contributed by atoms with Gasteiger partial charge in [-0.2, -0.15) is 5.10 Å². The van der Waals surface area contributed by atoms with Gasteiger partial charge in [-0.1, -0.05) is 60.7 Å². The van der Waals surface area contributed by atoms with E-state index in [0.717, 1.165) is 28.9 Å². The topological polar surface area (TPSA) is 57.8 Å². The Balaban J connectivity index is 1.46. The normalized spacial score (nSPS) is 12.2. The molecular formula is C19H21N3OS. The van der Waals surface area contributed by atoms with Crippen molar-refractivity contribution in [2.24, 2.45) is 0 Å². The van der Waals surface area contributed by atoms with Crippen LogP contribution >= 0.6 is 0 Å². The van der Waals surface area contributed by atoms with Gasteiger partial charge in [-0.15, -0.1) is 0 Å². The molecule has 0 spiro atoms.